The molecule has 18 heavy (non-hydrogen) atoms. The lowest BCUT2D eigenvalue weighted by Gasteiger charge is -2.31. The van der Waals surface area contributed by atoms with Crippen molar-refractivity contribution in [1.29, 1.82) is 0 Å². The number of halogens is 3. The topological polar surface area (TPSA) is 0 Å². The van der Waals surface area contributed by atoms with E-state index in [9.17, 15) is 4.39 Å². The third-order valence-corrected chi connectivity index (χ3v) is 5.55. The second kappa shape index (κ2) is 5.50. The van der Waals surface area contributed by atoms with E-state index in [1.54, 1.807) is 12.1 Å². The van der Waals surface area contributed by atoms with E-state index in [1.165, 1.54) is 25.3 Å². The van der Waals surface area contributed by atoms with Gasteiger partial charge in [-0.3, -0.25) is 0 Å². The Morgan fingerprint density at radius 1 is 1.50 bits per heavy atom. The quantitative estimate of drug-likeness (QED) is 0.631. The molecule has 1 saturated carbocycles. The van der Waals surface area contributed by atoms with E-state index < -0.39 is 0 Å². The lowest BCUT2D eigenvalue weighted by atomic mass is 9.79. The van der Waals surface area contributed by atoms with Gasteiger partial charge in [0.05, 0.1) is 0 Å². The van der Waals surface area contributed by atoms with Gasteiger partial charge in [0.1, 0.15) is 5.82 Å². The average Bonchev–Trinajstić information content (AvgIpc) is 2.63. The van der Waals surface area contributed by atoms with Crippen LogP contribution in [0.15, 0.2) is 18.2 Å². The molecule has 3 heteroatoms. The van der Waals surface area contributed by atoms with Gasteiger partial charge in [-0.05, 0) is 42.7 Å². The minimum absolute atomic E-state index is 0.192. The van der Waals surface area contributed by atoms with E-state index in [-0.39, 0.29) is 5.82 Å². The van der Waals surface area contributed by atoms with Crippen LogP contribution in [0.5, 0.6) is 0 Å². The first-order chi connectivity index (χ1) is 8.42. The SMILES string of the molecule is CC1(C)CCCC1C(Br)Cc1c(F)cccc1Cl. The smallest absolute Gasteiger partial charge is 0.127 e. The third-order valence-electron chi connectivity index (χ3n) is 4.24. The lowest BCUT2D eigenvalue weighted by molar-refractivity contribution is 0.254. The zero-order valence-corrected chi connectivity index (χ0v) is 13.2. The van der Waals surface area contributed by atoms with E-state index in [0.717, 1.165) is 0 Å². The first-order valence-electron chi connectivity index (χ1n) is 6.49. The standard InChI is InChI=1S/C15H19BrClF/c1-15(2)8-4-5-11(15)12(16)9-10-13(17)6-3-7-14(10)18/h3,6-7,11-12H,4-5,8-9H2,1-2H3. The summed E-state index contributed by atoms with van der Waals surface area (Å²) in [5, 5.41) is 0.537. The van der Waals surface area contributed by atoms with Crippen molar-refractivity contribution in [3.8, 4) is 0 Å². The molecule has 1 aromatic carbocycles. The van der Waals surface area contributed by atoms with Gasteiger partial charge >= 0.3 is 0 Å². The Hall–Kier alpha value is -0.0800. The lowest BCUT2D eigenvalue weighted by Crippen LogP contribution is -2.27. The monoisotopic (exact) mass is 332 g/mol. The number of hydrogen-bond acceptors (Lipinski definition) is 0. The molecule has 0 nitrogen and oxygen atoms in total. The van der Waals surface area contributed by atoms with Crippen molar-refractivity contribution >= 4 is 27.5 Å². The zero-order valence-electron chi connectivity index (χ0n) is 10.8. The predicted octanol–water partition coefficient (Wildman–Crippen LogP) is 5.61. The van der Waals surface area contributed by atoms with Gasteiger partial charge in [-0.2, -0.15) is 0 Å². The number of alkyl halides is 1. The van der Waals surface area contributed by atoms with Gasteiger partial charge in [0.25, 0.3) is 0 Å². The molecule has 0 aromatic heterocycles. The molecule has 1 aliphatic rings. The third kappa shape index (κ3) is 2.91. The highest BCUT2D eigenvalue weighted by Gasteiger charge is 2.38. The predicted molar refractivity (Wildman–Crippen MR) is 79.0 cm³/mol. The zero-order chi connectivity index (χ0) is 13.3. The Kier molecular flexibility index (Phi) is 4.38. The molecule has 0 amide bonds. The van der Waals surface area contributed by atoms with Crippen LogP contribution in [-0.2, 0) is 6.42 Å². The van der Waals surface area contributed by atoms with Gasteiger partial charge in [-0.1, -0.05) is 53.9 Å². The van der Waals surface area contributed by atoms with Gasteiger partial charge in [-0.25, -0.2) is 4.39 Å². The van der Waals surface area contributed by atoms with Crippen molar-refractivity contribution < 1.29 is 4.39 Å². The highest BCUT2D eigenvalue weighted by Crippen LogP contribution is 2.47. The van der Waals surface area contributed by atoms with Crippen LogP contribution >= 0.6 is 27.5 Å². The molecule has 0 heterocycles. The summed E-state index contributed by atoms with van der Waals surface area (Å²) in [7, 11) is 0. The molecule has 0 aliphatic heterocycles. The maximum atomic E-state index is 13.8. The first-order valence-corrected chi connectivity index (χ1v) is 7.78. The largest absolute Gasteiger partial charge is 0.207 e. The van der Waals surface area contributed by atoms with Crippen molar-refractivity contribution in [2.24, 2.45) is 11.3 Å². The van der Waals surface area contributed by atoms with Crippen LogP contribution in [0.4, 0.5) is 4.39 Å². The number of rotatable bonds is 3. The van der Waals surface area contributed by atoms with Crippen LogP contribution in [0.2, 0.25) is 5.02 Å². The summed E-state index contributed by atoms with van der Waals surface area (Å²) in [6, 6.07) is 4.91. The molecule has 1 fully saturated rings. The molecule has 0 N–H and O–H groups in total. The normalized spacial score (nSPS) is 24.2. The van der Waals surface area contributed by atoms with Crippen LogP contribution in [0.3, 0.4) is 0 Å². The molecule has 100 valence electrons. The average molecular weight is 334 g/mol. The Bertz CT molecular complexity index is 410. The van der Waals surface area contributed by atoms with Gasteiger partial charge in [0.15, 0.2) is 0 Å². The molecular weight excluding hydrogens is 315 g/mol. The van der Waals surface area contributed by atoms with Crippen LogP contribution in [-0.4, -0.2) is 4.83 Å². The maximum Gasteiger partial charge on any atom is 0.127 e. The van der Waals surface area contributed by atoms with Gasteiger partial charge < -0.3 is 0 Å². The van der Waals surface area contributed by atoms with E-state index in [1.807, 2.05) is 0 Å². The van der Waals surface area contributed by atoms with Crippen LogP contribution in [0, 0.1) is 17.2 Å². The summed E-state index contributed by atoms with van der Waals surface area (Å²) in [5.41, 5.74) is 0.982. The summed E-state index contributed by atoms with van der Waals surface area (Å²) in [4.78, 5) is 0.296. The highest BCUT2D eigenvalue weighted by atomic mass is 79.9. The number of benzene rings is 1. The summed E-state index contributed by atoms with van der Waals surface area (Å²) in [6.45, 7) is 4.61. The highest BCUT2D eigenvalue weighted by molar-refractivity contribution is 9.09. The summed E-state index contributed by atoms with van der Waals surface area (Å²) in [5.74, 6) is 0.399. The molecule has 1 aromatic rings. The molecule has 0 spiro atoms. The van der Waals surface area contributed by atoms with E-state index in [0.29, 0.717) is 33.2 Å². The fourth-order valence-electron chi connectivity index (χ4n) is 3.09. The van der Waals surface area contributed by atoms with Crippen molar-refractivity contribution in [2.75, 3.05) is 0 Å². The van der Waals surface area contributed by atoms with Crippen LogP contribution in [0.1, 0.15) is 38.7 Å². The van der Waals surface area contributed by atoms with Crippen molar-refractivity contribution in [3.05, 3.63) is 34.6 Å². The van der Waals surface area contributed by atoms with Crippen LogP contribution in [0.25, 0.3) is 0 Å². The minimum Gasteiger partial charge on any atom is -0.207 e. The Balaban J connectivity index is 2.14. The second-order valence-electron chi connectivity index (χ2n) is 5.91. The summed E-state index contributed by atoms with van der Waals surface area (Å²) < 4.78 is 13.8. The first kappa shape index (κ1) is 14.3. The van der Waals surface area contributed by atoms with Gasteiger partial charge in [-0.15, -0.1) is 0 Å². The second-order valence-corrected chi connectivity index (χ2v) is 7.49. The molecule has 2 atom stereocenters. The fraction of sp³-hybridized carbons (Fsp3) is 0.600. The molecular formula is C15H19BrClF. The van der Waals surface area contributed by atoms with Gasteiger partial charge in [0.2, 0.25) is 0 Å². The molecule has 2 rings (SSSR count). The molecule has 2 unspecified atom stereocenters. The van der Waals surface area contributed by atoms with Crippen LogP contribution < -0.4 is 0 Å². The Morgan fingerprint density at radius 2 is 2.22 bits per heavy atom. The molecule has 1 aliphatic carbocycles. The van der Waals surface area contributed by atoms with E-state index in [2.05, 4.69) is 29.8 Å². The van der Waals surface area contributed by atoms with E-state index >= 15 is 0 Å². The van der Waals surface area contributed by atoms with Crippen molar-refractivity contribution in [3.63, 3.8) is 0 Å². The summed E-state index contributed by atoms with van der Waals surface area (Å²) in [6.07, 6.45) is 4.41. The van der Waals surface area contributed by atoms with Crippen molar-refractivity contribution in [2.45, 2.75) is 44.4 Å². The van der Waals surface area contributed by atoms with Crippen molar-refractivity contribution in [1.82, 2.24) is 0 Å². The molecule has 0 radical (unpaired) electrons. The summed E-state index contributed by atoms with van der Waals surface area (Å²) >= 11 is 9.85. The van der Waals surface area contributed by atoms with E-state index in [4.69, 9.17) is 11.6 Å². The minimum atomic E-state index is -0.192. The maximum absolute atomic E-state index is 13.8. The van der Waals surface area contributed by atoms with Gasteiger partial charge in [0, 0.05) is 15.4 Å². The Morgan fingerprint density at radius 3 is 2.78 bits per heavy atom. The Labute approximate surface area is 122 Å². The molecule has 0 saturated heterocycles. The fourth-order valence-corrected chi connectivity index (χ4v) is 4.63. The number of hydrogen-bond donors (Lipinski definition) is 0. The molecule has 0 bridgehead atoms.